The highest BCUT2D eigenvalue weighted by Crippen LogP contribution is 2.17. The van der Waals surface area contributed by atoms with E-state index < -0.39 is 0 Å². The molecule has 0 aliphatic rings. The summed E-state index contributed by atoms with van der Waals surface area (Å²) >= 11 is 0. The maximum absolute atomic E-state index is 9.14. The van der Waals surface area contributed by atoms with Gasteiger partial charge in [0.2, 0.25) is 0 Å². The molecule has 0 radical (unpaired) electrons. The van der Waals surface area contributed by atoms with Gasteiger partial charge >= 0.3 is 0 Å². The number of hydrogen-bond acceptors (Lipinski definition) is 3. The Balaban J connectivity index is 2.18. The summed E-state index contributed by atoms with van der Waals surface area (Å²) in [5.41, 5.74) is 0. The molecule has 0 heterocycles. The highest BCUT2D eigenvalue weighted by atomic mass is 16.5. The summed E-state index contributed by atoms with van der Waals surface area (Å²) in [5, 5.41) is 17.7. The second-order valence-corrected chi connectivity index (χ2v) is 3.13. The second kappa shape index (κ2) is 6.27. The number of unbranched alkanes of at least 4 members (excludes halogenated alkanes) is 2. The zero-order chi connectivity index (χ0) is 10.2. The Kier molecular flexibility index (Phi) is 4.86. The number of hydrogen-bond donors (Lipinski definition) is 2. The molecule has 78 valence electrons. The molecule has 2 N–H and O–H groups in total. The number of aliphatic hydroxyl groups excluding tert-OH is 1. The van der Waals surface area contributed by atoms with Crippen LogP contribution < -0.4 is 4.74 Å². The van der Waals surface area contributed by atoms with Crippen LogP contribution in [0.3, 0.4) is 0 Å². The van der Waals surface area contributed by atoms with E-state index in [2.05, 4.69) is 0 Å². The summed E-state index contributed by atoms with van der Waals surface area (Å²) in [5.74, 6) is 0.909. The van der Waals surface area contributed by atoms with Gasteiger partial charge < -0.3 is 14.9 Å². The number of aromatic hydroxyl groups is 1. The molecule has 14 heavy (non-hydrogen) atoms. The van der Waals surface area contributed by atoms with Crippen molar-refractivity contribution in [3.8, 4) is 11.5 Å². The third-order valence-electron chi connectivity index (χ3n) is 1.89. The minimum absolute atomic E-state index is 0.220. The Morgan fingerprint density at radius 2 is 2.00 bits per heavy atom. The van der Waals surface area contributed by atoms with E-state index in [9.17, 15) is 0 Å². The molecule has 0 bridgehead atoms. The summed E-state index contributed by atoms with van der Waals surface area (Å²) in [6, 6.07) is 6.76. The average molecular weight is 196 g/mol. The molecule has 0 unspecified atom stereocenters. The van der Waals surface area contributed by atoms with Crippen LogP contribution in [0.1, 0.15) is 19.3 Å². The fraction of sp³-hybridized carbons (Fsp3) is 0.455. The Morgan fingerprint density at radius 1 is 1.14 bits per heavy atom. The van der Waals surface area contributed by atoms with Crippen LogP contribution in [0.2, 0.25) is 0 Å². The number of rotatable bonds is 6. The lowest BCUT2D eigenvalue weighted by atomic mass is 10.2. The smallest absolute Gasteiger partial charge is 0.122 e. The molecule has 0 aromatic heterocycles. The standard InChI is InChI=1S/C11H16O3/c12-7-2-1-3-8-14-11-6-4-5-10(13)9-11/h4-6,9,12-13H,1-3,7-8H2. The van der Waals surface area contributed by atoms with Crippen molar-refractivity contribution in [2.24, 2.45) is 0 Å². The zero-order valence-electron chi connectivity index (χ0n) is 8.15. The quantitative estimate of drug-likeness (QED) is 0.683. The third-order valence-corrected chi connectivity index (χ3v) is 1.89. The van der Waals surface area contributed by atoms with Crippen molar-refractivity contribution >= 4 is 0 Å². The van der Waals surface area contributed by atoms with Gasteiger partial charge in [0.25, 0.3) is 0 Å². The lowest BCUT2D eigenvalue weighted by Crippen LogP contribution is -1.97. The van der Waals surface area contributed by atoms with E-state index in [1.54, 1.807) is 18.2 Å². The van der Waals surface area contributed by atoms with Crippen LogP contribution in [-0.2, 0) is 0 Å². The molecule has 0 fully saturated rings. The van der Waals surface area contributed by atoms with Gasteiger partial charge in [-0.1, -0.05) is 6.07 Å². The Labute approximate surface area is 84.0 Å². The molecule has 1 aromatic rings. The van der Waals surface area contributed by atoms with Crippen LogP contribution in [0.25, 0.3) is 0 Å². The number of benzene rings is 1. The summed E-state index contributed by atoms with van der Waals surface area (Å²) < 4.78 is 5.39. The topological polar surface area (TPSA) is 49.7 Å². The van der Waals surface area contributed by atoms with Gasteiger partial charge in [-0.05, 0) is 31.4 Å². The largest absolute Gasteiger partial charge is 0.508 e. The number of ether oxygens (including phenoxy) is 1. The summed E-state index contributed by atoms with van der Waals surface area (Å²) in [7, 11) is 0. The van der Waals surface area contributed by atoms with E-state index in [1.165, 1.54) is 0 Å². The first kappa shape index (κ1) is 10.9. The highest BCUT2D eigenvalue weighted by molar-refractivity contribution is 5.31. The third kappa shape index (κ3) is 4.14. The van der Waals surface area contributed by atoms with Gasteiger partial charge in [0.15, 0.2) is 0 Å². The van der Waals surface area contributed by atoms with E-state index in [0.29, 0.717) is 12.4 Å². The van der Waals surface area contributed by atoms with Gasteiger partial charge in [0.05, 0.1) is 6.61 Å². The van der Waals surface area contributed by atoms with E-state index in [4.69, 9.17) is 14.9 Å². The lowest BCUT2D eigenvalue weighted by Gasteiger charge is -2.05. The first-order valence-corrected chi connectivity index (χ1v) is 4.85. The van der Waals surface area contributed by atoms with Crippen LogP contribution in [0.5, 0.6) is 11.5 Å². The summed E-state index contributed by atoms with van der Waals surface area (Å²) in [4.78, 5) is 0. The first-order valence-electron chi connectivity index (χ1n) is 4.85. The minimum Gasteiger partial charge on any atom is -0.508 e. The van der Waals surface area contributed by atoms with Gasteiger partial charge in [-0.25, -0.2) is 0 Å². The Hall–Kier alpha value is -1.22. The number of aliphatic hydroxyl groups is 1. The van der Waals surface area contributed by atoms with Crippen molar-refractivity contribution in [2.45, 2.75) is 19.3 Å². The molecular formula is C11H16O3. The minimum atomic E-state index is 0.220. The molecule has 0 spiro atoms. The maximum Gasteiger partial charge on any atom is 0.122 e. The van der Waals surface area contributed by atoms with Gasteiger partial charge in [0.1, 0.15) is 11.5 Å². The molecule has 1 aromatic carbocycles. The van der Waals surface area contributed by atoms with Crippen LogP contribution >= 0.6 is 0 Å². The van der Waals surface area contributed by atoms with E-state index in [-0.39, 0.29) is 12.4 Å². The van der Waals surface area contributed by atoms with Crippen molar-refractivity contribution in [3.05, 3.63) is 24.3 Å². The van der Waals surface area contributed by atoms with E-state index in [1.807, 2.05) is 6.07 Å². The maximum atomic E-state index is 9.14. The van der Waals surface area contributed by atoms with E-state index >= 15 is 0 Å². The van der Waals surface area contributed by atoms with Crippen LogP contribution in [0, 0.1) is 0 Å². The molecule has 0 aliphatic carbocycles. The van der Waals surface area contributed by atoms with Gasteiger partial charge in [-0.15, -0.1) is 0 Å². The normalized spacial score (nSPS) is 10.1. The Morgan fingerprint density at radius 3 is 2.71 bits per heavy atom. The van der Waals surface area contributed by atoms with Crippen LogP contribution in [0.4, 0.5) is 0 Å². The molecule has 0 amide bonds. The second-order valence-electron chi connectivity index (χ2n) is 3.13. The van der Waals surface area contributed by atoms with Crippen molar-refractivity contribution in [2.75, 3.05) is 13.2 Å². The molecule has 1 rings (SSSR count). The summed E-state index contributed by atoms with van der Waals surface area (Å²) in [6.45, 7) is 0.871. The van der Waals surface area contributed by atoms with Gasteiger partial charge in [-0.3, -0.25) is 0 Å². The van der Waals surface area contributed by atoms with Crippen molar-refractivity contribution < 1.29 is 14.9 Å². The molecule has 0 atom stereocenters. The predicted molar refractivity (Wildman–Crippen MR) is 54.5 cm³/mol. The molecule has 0 saturated heterocycles. The zero-order valence-corrected chi connectivity index (χ0v) is 8.15. The summed E-state index contributed by atoms with van der Waals surface area (Å²) in [6.07, 6.45) is 2.72. The van der Waals surface area contributed by atoms with Crippen LogP contribution in [-0.4, -0.2) is 23.4 Å². The van der Waals surface area contributed by atoms with Crippen molar-refractivity contribution in [1.82, 2.24) is 0 Å². The SMILES string of the molecule is OCCCCCOc1cccc(O)c1. The van der Waals surface area contributed by atoms with Crippen molar-refractivity contribution in [3.63, 3.8) is 0 Å². The molecule has 3 heteroatoms. The van der Waals surface area contributed by atoms with Crippen molar-refractivity contribution in [1.29, 1.82) is 0 Å². The molecule has 0 aliphatic heterocycles. The average Bonchev–Trinajstić information content (AvgIpc) is 2.18. The number of phenols is 1. The van der Waals surface area contributed by atoms with E-state index in [0.717, 1.165) is 19.3 Å². The highest BCUT2D eigenvalue weighted by Gasteiger charge is 1.94. The molecule has 0 saturated carbocycles. The fourth-order valence-corrected chi connectivity index (χ4v) is 1.15. The molecular weight excluding hydrogens is 180 g/mol. The monoisotopic (exact) mass is 196 g/mol. The lowest BCUT2D eigenvalue weighted by molar-refractivity contribution is 0.266. The van der Waals surface area contributed by atoms with Crippen LogP contribution in [0.15, 0.2) is 24.3 Å². The Bertz CT molecular complexity index is 260. The fourth-order valence-electron chi connectivity index (χ4n) is 1.15. The molecule has 3 nitrogen and oxygen atoms in total. The predicted octanol–water partition coefficient (Wildman–Crippen LogP) is 1.93. The number of phenolic OH excluding ortho intramolecular Hbond substituents is 1. The van der Waals surface area contributed by atoms with Gasteiger partial charge in [0, 0.05) is 12.7 Å². The first-order chi connectivity index (χ1) is 6.83. The van der Waals surface area contributed by atoms with Gasteiger partial charge in [-0.2, -0.15) is 0 Å².